The minimum Gasteiger partial charge on any atom is -0.324 e. The van der Waals surface area contributed by atoms with Gasteiger partial charge in [0.15, 0.2) is 0 Å². The summed E-state index contributed by atoms with van der Waals surface area (Å²) in [4.78, 5) is 40.3. The highest BCUT2D eigenvalue weighted by Crippen LogP contribution is 2.29. The van der Waals surface area contributed by atoms with Crippen molar-refractivity contribution in [1.82, 2.24) is 5.32 Å². The van der Waals surface area contributed by atoms with E-state index in [0.717, 1.165) is 9.77 Å². The molecule has 0 aliphatic heterocycles. The van der Waals surface area contributed by atoms with E-state index in [9.17, 15) is 14.4 Å². The molecule has 0 bridgehead atoms. The van der Waals surface area contributed by atoms with Crippen molar-refractivity contribution in [3.8, 4) is 0 Å². The zero-order chi connectivity index (χ0) is 27.8. The maximum absolute atomic E-state index is 13.2. The Kier molecular flexibility index (Phi) is 9.84. The van der Waals surface area contributed by atoms with Gasteiger partial charge < -0.3 is 16.0 Å². The highest BCUT2D eigenvalue weighted by molar-refractivity contribution is 8.00. The first-order valence-electron chi connectivity index (χ1n) is 11.7. The first-order valence-corrected chi connectivity index (χ1v) is 14.3. The first kappa shape index (κ1) is 28.4. The summed E-state index contributed by atoms with van der Waals surface area (Å²) in [5.41, 5.74) is 1.54. The van der Waals surface area contributed by atoms with Gasteiger partial charge in [-0.3, -0.25) is 14.4 Å². The second-order valence-corrected chi connectivity index (χ2v) is 11.5. The van der Waals surface area contributed by atoms with Crippen molar-refractivity contribution in [1.29, 1.82) is 0 Å². The molecule has 0 saturated heterocycles. The summed E-state index contributed by atoms with van der Waals surface area (Å²) in [6.45, 7) is 1.77. The fourth-order valence-corrected chi connectivity index (χ4v) is 5.43. The molecule has 0 radical (unpaired) electrons. The Morgan fingerprint density at radius 3 is 2.41 bits per heavy atom. The summed E-state index contributed by atoms with van der Waals surface area (Å²) in [7, 11) is 0. The lowest BCUT2D eigenvalue weighted by molar-refractivity contribution is -0.115. The van der Waals surface area contributed by atoms with E-state index in [1.54, 1.807) is 73.7 Å². The van der Waals surface area contributed by atoms with Crippen LogP contribution in [0.15, 0.2) is 101 Å². The molecule has 0 spiro atoms. The summed E-state index contributed by atoms with van der Waals surface area (Å²) >= 11 is 14.9. The number of hydrogen-bond acceptors (Lipinski definition) is 5. The Bertz CT molecular complexity index is 1510. The van der Waals surface area contributed by atoms with E-state index < -0.39 is 17.1 Å². The number of hydrogen-bond donors (Lipinski definition) is 3. The van der Waals surface area contributed by atoms with Gasteiger partial charge in [0.25, 0.3) is 11.8 Å². The van der Waals surface area contributed by atoms with Crippen LogP contribution in [-0.2, 0) is 9.59 Å². The number of nitrogens with one attached hydrogen (secondary N) is 3. The third-order valence-corrected chi connectivity index (χ3v) is 7.78. The molecule has 1 unspecified atom stereocenters. The molecule has 3 N–H and O–H groups in total. The molecule has 0 saturated carbocycles. The number of rotatable bonds is 9. The van der Waals surface area contributed by atoms with E-state index in [4.69, 9.17) is 23.2 Å². The van der Waals surface area contributed by atoms with Crippen molar-refractivity contribution in [2.24, 2.45) is 0 Å². The third kappa shape index (κ3) is 8.21. The highest BCUT2D eigenvalue weighted by Gasteiger charge is 2.18. The van der Waals surface area contributed by atoms with Crippen molar-refractivity contribution >= 4 is 81.5 Å². The van der Waals surface area contributed by atoms with Crippen LogP contribution in [0.4, 0.5) is 11.4 Å². The lowest BCUT2D eigenvalue weighted by Crippen LogP contribution is -2.30. The largest absolute Gasteiger partial charge is 0.324 e. The van der Waals surface area contributed by atoms with Gasteiger partial charge in [-0.2, -0.15) is 0 Å². The van der Waals surface area contributed by atoms with Crippen LogP contribution < -0.4 is 16.0 Å². The van der Waals surface area contributed by atoms with Crippen LogP contribution in [0.5, 0.6) is 0 Å². The molecule has 1 atom stereocenters. The summed E-state index contributed by atoms with van der Waals surface area (Å²) < 4.78 is 0. The molecule has 4 rings (SSSR count). The molecule has 0 fully saturated rings. The van der Waals surface area contributed by atoms with E-state index in [2.05, 4.69) is 16.0 Å². The number of benzene rings is 3. The van der Waals surface area contributed by atoms with Crippen LogP contribution in [-0.4, -0.2) is 23.0 Å². The standard InChI is InChI=1S/C29H23Cl2N3O3S2/c1-18(27(35)33-25-13-12-20(30)15-24(25)31)39-23-10-5-9-21(16-23)32-29(37)26(17-22-11-6-14-38-22)34-28(36)19-7-3-2-4-8-19/h2-18H,1H3,(H,32,37)(H,33,35)(H,34,36)/b26-17-. The molecule has 39 heavy (non-hydrogen) atoms. The number of halogens is 2. The molecule has 6 nitrogen and oxygen atoms in total. The van der Waals surface area contributed by atoms with Crippen LogP contribution in [0.2, 0.25) is 10.0 Å². The van der Waals surface area contributed by atoms with Gasteiger partial charge in [0.05, 0.1) is 16.0 Å². The lowest BCUT2D eigenvalue weighted by Gasteiger charge is -2.14. The topological polar surface area (TPSA) is 87.3 Å². The predicted octanol–water partition coefficient (Wildman–Crippen LogP) is 7.58. The van der Waals surface area contributed by atoms with E-state index in [0.29, 0.717) is 27.0 Å². The Labute approximate surface area is 244 Å². The zero-order valence-electron chi connectivity index (χ0n) is 20.6. The fraction of sp³-hybridized carbons (Fsp3) is 0.0690. The summed E-state index contributed by atoms with van der Waals surface area (Å²) in [6.07, 6.45) is 1.63. The van der Waals surface area contributed by atoms with Gasteiger partial charge in [-0.05, 0) is 73.0 Å². The normalized spacial score (nSPS) is 11.9. The van der Waals surface area contributed by atoms with E-state index in [1.165, 1.54) is 23.1 Å². The van der Waals surface area contributed by atoms with E-state index >= 15 is 0 Å². The first-order chi connectivity index (χ1) is 18.8. The van der Waals surface area contributed by atoms with E-state index in [1.807, 2.05) is 29.6 Å². The zero-order valence-corrected chi connectivity index (χ0v) is 23.8. The fourth-order valence-electron chi connectivity index (χ4n) is 3.39. The minimum absolute atomic E-state index is 0.108. The highest BCUT2D eigenvalue weighted by atomic mass is 35.5. The monoisotopic (exact) mass is 595 g/mol. The maximum atomic E-state index is 13.2. The van der Waals surface area contributed by atoms with E-state index in [-0.39, 0.29) is 11.6 Å². The van der Waals surface area contributed by atoms with Crippen LogP contribution in [0.25, 0.3) is 6.08 Å². The summed E-state index contributed by atoms with van der Waals surface area (Å²) in [6, 6.07) is 24.4. The van der Waals surface area contributed by atoms with Crippen molar-refractivity contribution in [3.05, 3.63) is 116 Å². The Hall–Kier alpha value is -3.56. The van der Waals surface area contributed by atoms with Gasteiger partial charge in [-0.1, -0.05) is 53.5 Å². The number of thioether (sulfide) groups is 1. The molecule has 0 aliphatic carbocycles. The van der Waals surface area contributed by atoms with Gasteiger partial charge in [-0.25, -0.2) is 0 Å². The molecular formula is C29H23Cl2N3O3S2. The van der Waals surface area contributed by atoms with Crippen LogP contribution in [0, 0.1) is 0 Å². The molecule has 3 aromatic carbocycles. The van der Waals surface area contributed by atoms with Gasteiger partial charge in [-0.15, -0.1) is 23.1 Å². The molecule has 0 aliphatic rings. The minimum atomic E-state index is -0.474. The third-order valence-electron chi connectivity index (χ3n) is 5.32. The summed E-state index contributed by atoms with van der Waals surface area (Å²) in [5.74, 6) is -1.10. The Balaban J connectivity index is 1.44. The number of anilines is 2. The molecule has 1 aromatic heterocycles. The van der Waals surface area contributed by atoms with Gasteiger partial charge in [0.1, 0.15) is 5.70 Å². The average Bonchev–Trinajstić information content (AvgIpc) is 3.43. The second-order valence-electron chi connectivity index (χ2n) is 8.25. The van der Waals surface area contributed by atoms with Crippen molar-refractivity contribution in [3.63, 3.8) is 0 Å². The van der Waals surface area contributed by atoms with Gasteiger partial charge >= 0.3 is 0 Å². The Morgan fingerprint density at radius 1 is 0.897 bits per heavy atom. The van der Waals surface area contributed by atoms with Gasteiger partial charge in [0.2, 0.25) is 5.91 Å². The molecule has 4 aromatic rings. The number of carbonyl (C=O) groups is 3. The predicted molar refractivity (Wildman–Crippen MR) is 162 cm³/mol. The number of carbonyl (C=O) groups excluding carboxylic acids is 3. The Morgan fingerprint density at radius 2 is 1.69 bits per heavy atom. The number of thiophene rings is 1. The molecule has 10 heteroatoms. The molecule has 1 heterocycles. The maximum Gasteiger partial charge on any atom is 0.272 e. The molecular weight excluding hydrogens is 573 g/mol. The lowest BCUT2D eigenvalue weighted by atomic mass is 10.2. The van der Waals surface area contributed by atoms with Crippen molar-refractivity contribution < 1.29 is 14.4 Å². The smallest absolute Gasteiger partial charge is 0.272 e. The van der Waals surface area contributed by atoms with Crippen LogP contribution in [0.3, 0.4) is 0 Å². The van der Waals surface area contributed by atoms with Crippen LogP contribution in [0.1, 0.15) is 22.2 Å². The summed E-state index contributed by atoms with van der Waals surface area (Å²) in [5, 5.41) is 10.6. The van der Waals surface area contributed by atoms with Crippen molar-refractivity contribution in [2.45, 2.75) is 17.1 Å². The van der Waals surface area contributed by atoms with Crippen LogP contribution >= 0.6 is 46.3 Å². The average molecular weight is 597 g/mol. The van der Waals surface area contributed by atoms with Gasteiger partial charge in [0, 0.05) is 26.0 Å². The second kappa shape index (κ2) is 13.5. The molecule has 198 valence electrons. The van der Waals surface area contributed by atoms with Crippen molar-refractivity contribution in [2.75, 3.05) is 10.6 Å². The quantitative estimate of drug-likeness (QED) is 0.137. The molecule has 3 amide bonds. The SMILES string of the molecule is CC(Sc1cccc(NC(=O)/C(=C/c2cccs2)NC(=O)c2ccccc2)c1)C(=O)Nc1ccc(Cl)cc1Cl. The number of amides is 3.